The quantitative estimate of drug-likeness (QED) is 0.374. The second kappa shape index (κ2) is 10.9. The first-order valence-electron chi connectivity index (χ1n) is 7.23. The number of halogens is 2. The van der Waals surface area contributed by atoms with Gasteiger partial charge in [-0.15, -0.1) is 35.3 Å². The van der Waals surface area contributed by atoms with Crippen molar-refractivity contribution in [3.63, 3.8) is 0 Å². The molecule has 0 aliphatic heterocycles. The first-order valence-corrected chi connectivity index (χ1v) is 9.51. The molecular weight excluding hydrogens is 458 g/mol. The summed E-state index contributed by atoms with van der Waals surface area (Å²) in [6, 6.07) is 4.93. The van der Waals surface area contributed by atoms with Gasteiger partial charge in [0, 0.05) is 24.2 Å². The zero-order valence-corrected chi connectivity index (χ0v) is 17.9. The highest BCUT2D eigenvalue weighted by Crippen LogP contribution is 2.16. The standard InChI is InChI=1S/C16H21FN4S2.HI/c1-11-15(23-10-21-11)8-20-16(18-2)19-7-12-4-5-14(17)6-13(12)9-22-3;/h4-6,10H,7-9H2,1-3H3,(H2,18,19,20);1H. The highest BCUT2D eigenvalue weighted by atomic mass is 127. The van der Waals surface area contributed by atoms with Gasteiger partial charge in [-0.2, -0.15) is 11.8 Å². The number of nitrogens with zero attached hydrogens (tertiary/aromatic N) is 2. The predicted molar refractivity (Wildman–Crippen MR) is 113 cm³/mol. The van der Waals surface area contributed by atoms with Crippen LogP contribution in [0.1, 0.15) is 21.7 Å². The summed E-state index contributed by atoms with van der Waals surface area (Å²) in [5.74, 6) is 1.32. The molecule has 2 aromatic rings. The van der Waals surface area contributed by atoms with Crippen molar-refractivity contribution in [3.05, 3.63) is 51.2 Å². The van der Waals surface area contributed by atoms with Gasteiger partial charge in [-0.1, -0.05) is 6.07 Å². The maximum absolute atomic E-state index is 13.4. The fourth-order valence-corrected chi connectivity index (χ4v) is 3.41. The summed E-state index contributed by atoms with van der Waals surface area (Å²) < 4.78 is 13.4. The molecule has 0 unspecified atom stereocenters. The smallest absolute Gasteiger partial charge is 0.191 e. The molecule has 0 fully saturated rings. The Hall–Kier alpha value is -0.870. The molecule has 0 saturated heterocycles. The summed E-state index contributed by atoms with van der Waals surface area (Å²) in [7, 11) is 1.74. The lowest BCUT2D eigenvalue weighted by atomic mass is 10.1. The minimum Gasteiger partial charge on any atom is -0.352 e. The lowest BCUT2D eigenvalue weighted by Crippen LogP contribution is -2.36. The van der Waals surface area contributed by atoms with Crippen LogP contribution in [0.5, 0.6) is 0 Å². The number of benzene rings is 1. The molecule has 2 N–H and O–H groups in total. The average Bonchev–Trinajstić information content (AvgIpc) is 2.95. The fourth-order valence-electron chi connectivity index (χ4n) is 2.12. The summed E-state index contributed by atoms with van der Waals surface area (Å²) in [5, 5.41) is 6.55. The first-order chi connectivity index (χ1) is 11.1. The number of aryl methyl sites for hydroxylation is 1. The Morgan fingerprint density at radius 2 is 2.04 bits per heavy atom. The summed E-state index contributed by atoms with van der Waals surface area (Å²) in [6.45, 7) is 3.30. The van der Waals surface area contributed by atoms with Gasteiger partial charge in [-0.05, 0) is 36.4 Å². The molecule has 1 aromatic heterocycles. The van der Waals surface area contributed by atoms with Crippen molar-refractivity contribution < 1.29 is 4.39 Å². The van der Waals surface area contributed by atoms with Crippen LogP contribution in [0.2, 0.25) is 0 Å². The van der Waals surface area contributed by atoms with Crippen LogP contribution in [0.3, 0.4) is 0 Å². The topological polar surface area (TPSA) is 49.3 Å². The number of rotatable bonds is 6. The first kappa shape index (κ1) is 21.2. The number of thiazole rings is 1. The van der Waals surface area contributed by atoms with Gasteiger partial charge >= 0.3 is 0 Å². The lowest BCUT2D eigenvalue weighted by molar-refractivity contribution is 0.625. The predicted octanol–water partition coefficient (Wildman–Crippen LogP) is 3.94. The monoisotopic (exact) mass is 480 g/mol. The lowest BCUT2D eigenvalue weighted by Gasteiger charge is -2.14. The Labute approximate surface area is 167 Å². The molecule has 24 heavy (non-hydrogen) atoms. The SMILES string of the molecule is CN=C(NCc1ccc(F)cc1CSC)NCc1scnc1C.I. The summed E-state index contributed by atoms with van der Waals surface area (Å²) in [5.41, 5.74) is 4.98. The van der Waals surface area contributed by atoms with E-state index in [9.17, 15) is 4.39 Å². The molecular formula is C16H22FIN4S2. The number of hydrogen-bond acceptors (Lipinski definition) is 4. The van der Waals surface area contributed by atoms with E-state index >= 15 is 0 Å². The van der Waals surface area contributed by atoms with Gasteiger partial charge in [-0.3, -0.25) is 4.99 Å². The molecule has 0 atom stereocenters. The fraction of sp³-hybridized carbons (Fsp3) is 0.375. The van der Waals surface area contributed by atoms with E-state index in [1.54, 1.807) is 36.2 Å². The Kier molecular flexibility index (Phi) is 9.60. The molecule has 0 aliphatic rings. The molecule has 1 heterocycles. The largest absolute Gasteiger partial charge is 0.352 e. The van der Waals surface area contributed by atoms with Gasteiger partial charge in [0.2, 0.25) is 0 Å². The molecule has 0 spiro atoms. The third-order valence-electron chi connectivity index (χ3n) is 3.40. The van der Waals surface area contributed by atoms with E-state index in [2.05, 4.69) is 20.6 Å². The number of aromatic nitrogens is 1. The molecule has 8 heteroatoms. The zero-order chi connectivity index (χ0) is 16.7. The van der Waals surface area contributed by atoms with E-state index in [-0.39, 0.29) is 29.8 Å². The van der Waals surface area contributed by atoms with Crippen LogP contribution in [-0.4, -0.2) is 24.2 Å². The minimum absolute atomic E-state index is 0. The van der Waals surface area contributed by atoms with Crippen LogP contribution < -0.4 is 10.6 Å². The van der Waals surface area contributed by atoms with Crippen molar-refractivity contribution in [2.75, 3.05) is 13.3 Å². The van der Waals surface area contributed by atoms with Gasteiger partial charge < -0.3 is 10.6 Å². The van der Waals surface area contributed by atoms with E-state index in [1.807, 2.05) is 24.8 Å². The summed E-state index contributed by atoms with van der Waals surface area (Å²) in [4.78, 5) is 9.65. The summed E-state index contributed by atoms with van der Waals surface area (Å²) in [6.07, 6.45) is 2.01. The molecule has 0 saturated carbocycles. The van der Waals surface area contributed by atoms with Crippen LogP contribution in [0.15, 0.2) is 28.7 Å². The van der Waals surface area contributed by atoms with Gasteiger partial charge in [0.1, 0.15) is 5.82 Å². The van der Waals surface area contributed by atoms with Gasteiger partial charge in [-0.25, -0.2) is 9.37 Å². The molecule has 1 aromatic carbocycles. The number of thioether (sulfide) groups is 1. The number of nitrogens with one attached hydrogen (secondary N) is 2. The van der Waals surface area contributed by atoms with E-state index < -0.39 is 0 Å². The van der Waals surface area contributed by atoms with Crippen LogP contribution >= 0.6 is 47.1 Å². The highest BCUT2D eigenvalue weighted by Gasteiger charge is 2.06. The second-order valence-electron chi connectivity index (χ2n) is 4.99. The third kappa shape index (κ3) is 6.21. The van der Waals surface area contributed by atoms with Gasteiger partial charge in [0.05, 0.1) is 17.7 Å². The molecule has 0 bridgehead atoms. The molecule has 0 radical (unpaired) electrons. The van der Waals surface area contributed by atoms with Crippen molar-refractivity contribution >= 4 is 53.0 Å². The number of aliphatic imine (C=N–C) groups is 1. The minimum atomic E-state index is -0.194. The average molecular weight is 480 g/mol. The maximum Gasteiger partial charge on any atom is 0.191 e. The molecule has 0 amide bonds. The van der Waals surface area contributed by atoms with Crippen LogP contribution in [0.25, 0.3) is 0 Å². The van der Waals surface area contributed by atoms with E-state index in [0.29, 0.717) is 13.1 Å². The summed E-state index contributed by atoms with van der Waals surface area (Å²) >= 11 is 3.31. The van der Waals surface area contributed by atoms with E-state index in [1.165, 1.54) is 10.9 Å². The highest BCUT2D eigenvalue weighted by molar-refractivity contribution is 14.0. The molecule has 132 valence electrons. The van der Waals surface area contributed by atoms with Crippen molar-refractivity contribution in [2.24, 2.45) is 4.99 Å². The van der Waals surface area contributed by atoms with Crippen molar-refractivity contribution in [1.82, 2.24) is 15.6 Å². The van der Waals surface area contributed by atoms with E-state index in [0.717, 1.165) is 28.5 Å². The number of guanidine groups is 1. The third-order valence-corrected chi connectivity index (χ3v) is 4.93. The normalized spacial score (nSPS) is 11.1. The maximum atomic E-state index is 13.4. The van der Waals surface area contributed by atoms with Crippen LogP contribution in [-0.2, 0) is 18.8 Å². The molecule has 0 aliphatic carbocycles. The van der Waals surface area contributed by atoms with Crippen LogP contribution in [0.4, 0.5) is 4.39 Å². The zero-order valence-electron chi connectivity index (χ0n) is 13.9. The molecule has 4 nitrogen and oxygen atoms in total. The Balaban J connectivity index is 0.00000288. The van der Waals surface area contributed by atoms with Gasteiger partial charge in [0.15, 0.2) is 5.96 Å². The van der Waals surface area contributed by atoms with Crippen molar-refractivity contribution in [1.29, 1.82) is 0 Å². The van der Waals surface area contributed by atoms with Gasteiger partial charge in [0.25, 0.3) is 0 Å². The Bertz CT molecular complexity index is 676. The Morgan fingerprint density at radius 3 is 2.67 bits per heavy atom. The van der Waals surface area contributed by atoms with Crippen molar-refractivity contribution in [3.8, 4) is 0 Å². The van der Waals surface area contributed by atoms with E-state index in [4.69, 9.17) is 0 Å². The molecule has 2 rings (SSSR count). The van der Waals surface area contributed by atoms with Crippen LogP contribution in [0, 0.1) is 12.7 Å². The van der Waals surface area contributed by atoms with Crippen molar-refractivity contribution in [2.45, 2.75) is 25.8 Å². The number of hydrogen-bond donors (Lipinski definition) is 2. The second-order valence-corrected chi connectivity index (χ2v) is 6.79. The Morgan fingerprint density at radius 1 is 1.29 bits per heavy atom.